The smallest absolute Gasteiger partial charge is 0.325 e. The first-order valence-electron chi connectivity index (χ1n) is 6.76. The average molecular weight is 278 g/mol. The summed E-state index contributed by atoms with van der Waals surface area (Å²) in [5, 5.41) is 3.10. The van der Waals surface area contributed by atoms with E-state index < -0.39 is 5.97 Å². The predicted octanol–water partition coefficient (Wildman–Crippen LogP) is 1.19. The third-order valence-corrected chi connectivity index (χ3v) is 2.88. The zero-order valence-electron chi connectivity index (χ0n) is 12.1. The lowest BCUT2D eigenvalue weighted by Gasteiger charge is -2.21. The Morgan fingerprint density at radius 3 is 2.55 bits per heavy atom. The normalized spacial score (nSPS) is 10.1. The lowest BCUT2D eigenvalue weighted by Crippen LogP contribution is -2.37. The Morgan fingerprint density at radius 2 is 1.95 bits per heavy atom. The van der Waals surface area contributed by atoms with Gasteiger partial charge in [-0.05, 0) is 12.1 Å². The average Bonchev–Trinajstić information content (AvgIpc) is 2.47. The number of hydrogen-bond donors (Lipinski definition) is 1. The molecule has 0 atom stereocenters. The molecular weight excluding hydrogens is 256 g/mol. The van der Waals surface area contributed by atoms with Crippen molar-refractivity contribution < 1.29 is 14.3 Å². The molecule has 110 valence electrons. The standard InChI is InChI=1S/C15H22N2O3/c1-3-16-10-9-14(18)17(12-15(19)20-2)11-13-7-5-4-6-8-13/h4-8,16H,3,9-12H2,1-2H3. The van der Waals surface area contributed by atoms with E-state index in [-0.39, 0.29) is 12.5 Å². The molecule has 0 aliphatic rings. The fraction of sp³-hybridized carbons (Fsp3) is 0.467. The van der Waals surface area contributed by atoms with Gasteiger partial charge in [-0.25, -0.2) is 0 Å². The van der Waals surface area contributed by atoms with Gasteiger partial charge >= 0.3 is 5.97 Å². The molecule has 0 aromatic heterocycles. The molecule has 0 fully saturated rings. The number of carbonyl (C=O) groups is 2. The minimum Gasteiger partial charge on any atom is -0.468 e. The number of methoxy groups -OCH3 is 1. The summed E-state index contributed by atoms with van der Waals surface area (Å²) in [6, 6.07) is 9.61. The minimum atomic E-state index is -0.405. The highest BCUT2D eigenvalue weighted by atomic mass is 16.5. The zero-order valence-corrected chi connectivity index (χ0v) is 12.1. The minimum absolute atomic E-state index is 0.0175. The predicted molar refractivity (Wildman–Crippen MR) is 77.0 cm³/mol. The Labute approximate surface area is 119 Å². The molecule has 1 rings (SSSR count). The van der Waals surface area contributed by atoms with Crippen LogP contribution in [0.3, 0.4) is 0 Å². The van der Waals surface area contributed by atoms with Crippen LogP contribution in [-0.2, 0) is 20.9 Å². The summed E-state index contributed by atoms with van der Waals surface area (Å²) in [5.74, 6) is -0.460. The Kier molecular flexibility index (Phi) is 7.35. The molecule has 0 saturated carbocycles. The van der Waals surface area contributed by atoms with Crippen LogP contribution < -0.4 is 5.32 Å². The summed E-state index contributed by atoms with van der Waals surface area (Å²) >= 11 is 0. The van der Waals surface area contributed by atoms with Crippen molar-refractivity contribution in [3.05, 3.63) is 35.9 Å². The molecule has 0 aliphatic carbocycles. The SMILES string of the molecule is CCNCCC(=O)N(CC(=O)OC)Cc1ccccc1. The van der Waals surface area contributed by atoms with Crippen LogP contribution in [0.15, 0.2) is 30.3 Å². The van der Waals surface area contributed by atoms with Crippen LogP contribution in [0.5, 0.6) is 0 Å². The van der Waals surface area contributed by atoms with E-state index in [4.69, 9.17) is 0 Å². The first-order chi connectivity index (χ1) is 9.67. The molecular formula is C15H22N2O3. The van der Waals surface area contributed by atoms with E-state index in [2.05, 4.69) is 10.1 Å². The maximum atomic E-state index is 12.2. The van der Waals surface area contributed by atoms with Crippen molar-refractivity contribution in [1.29, 1.82) is 0 Å². The molecule has 1 aromatic rings. The Hall–Kier alpha value is -1.88. The number of hydrogen-bond acceptors (Lipinski definition) is 4. The molecule has 0 aliphatic heterocycles. The first-order valence-corrected chi connectivity index (χ1v) is 6.76. The molecule has 0 heterocycles. The van der Waals surface area contributed by atoms with E-state index in [9.17, 15) is 9.59 Å². The second kappa shape index (κ2) is 9.09. The van der Waals surface area contributed by atoms with Gasteiger partial charge in [0.05, 0.1) is 7.11 Å². The third kappa shape index (κ3) is 5.84. The molecule has 0 unspecified atom stereocenters. The van der Waals surface area contributed by atoms with E-state index in [1.807, 2.05) is 37.3 Å². The summed E-state index contributed by atoms with van der Waals surface area (Å²) in [6.45, 7) is 3.82. The summed E-state index contributed by atoms with van der Waals surface area (Å²) < 4.78 is 4.65. The van der Waals surface area contributed by atoms with Gasteiger partial charge in [-0.3, -0.25) is 9.59 Å². The number of amides is 1. The van der Waals surface area contributed by atoms with Crippen LogP contribution in [-0.4, -0.2) is 43.5 Å². The lowest BCUT2D eigenvalue weighted by atomic mass is 10.2. The number of carbonyl (C=O) groups excluding carboxylic acids is 2. The highest BCUT2D eigenvalue weighted by Crippen LogP contribution is 2.06. The highest BCUT2D eigenvalue weighted by molar-refractivity contribution is 5.82. The van der Waals surface area contributed by atoms with Crippen LogP contribution in [0.25, 0.3) is 0 Å². The topological polar surface area (TPSA) is 58.6 Å². The fourth-order valence-electron chi connectivity index (χ4n) is 1.79. The molecule has 5 heteroatoms. The van der Waals surface area contributed by atoms with Crippen molar-refractivity contribution in [2.45, 2.75) is 19.9 Å². The quantitative estimate of drug-likeness (QED) is 0.573. The molecule has 0 bridgehead atoms. The van der Waals surface area contributed by atoms with E-state index in [0.29, 0.717) is 19.5 Å². The van der Waals surface area contributed by atoms with E-state index >= 15 is 0 Å². The molecule has 5 nitrogen and oxygen atoms in total. The molecule has 0 saturated heterocycles. The Morgan fingerprint density at radius 1 is 1.25 bits per heavy atom. The maximum Gasteiger partial charge on any atom is 0.325 e. The molecule has 0 radical (unpaired) electrons. The summed E-state index contributed by atoms with van der Waals surface area (Å²) in [6.07, 6.45) is 0.373. The fourth-order valence-corrected chi connectivity index (χ4v) is 1.79. The van der Waals surface area contributed by atoms with E-state index in [1.165, 1.54) is 12.0 Å². The molecule has 1 N–H and O–H groups in total. The van der Waals surface area contributed by atoms with Crippen molar-refractivity contribution in [2.75, 3.05) is 26.7 Å². The van der Waals surface area contributed by atoms with Crippen LogP contribution >= 0.6 is 0 Å². The van der Waals surface area contributed by atoms with Gasteiger partial charge in [0.1, 0.15) is 6.54 Å². The van der Waals surface area contributed by atoms with Gasteiger partial charge in [-0.15, -0.1) is 0 Å². The van der Waals surface area contributed by atoms with Gasteiger partial charge in [-0.2, -0.15) is 0 Å². The van der Waals surface area contributed by atoms with Gasteiger partial charge in [0.2, 0.25) is 5.91 Å². The zero-order chi connectivity index (χ0) is 14.8. The van der Waals surface area contributed by atoms with Crippen molar-refractivity contribution in [3.8, 4) is 0 Å². The van der Waals surface area contributed by atoms with Gasteiger partial charge < -0.3 is 15.0 Å². The number of ether oxygens (including phenoxy) is 1. The highest BCUT2D eigenvalue weighted by Gasteiger charge is 2.17. The van der Waals surface area contributed by atoms with Crippen molar-refractivity contribution in [3.63, 3.8) is 0 Å². The van der Waals surface area contributed by atoms with E-state index in [0.717, 1.165) is 12.1 Å². The largest absolute Gasteiger partial charge is 0.468 e. The molecule has 1 amide bonds. The number of rotatable bonds is 8. The van der Waals surface area contributed by atoms with Crippen molar-refractivity contribution in [1.82, 2.24) is 10.2 Å². The second-order valence-electron chi connectivity index (χ2n) is 4.42. The number of nitrogens with zero attached hydrogens (tertiary/aromatic N) is 1. The van der Waals surface area contributed by atoms with Crippen LogP contribution in [0, 0.1) is 0 Å². The first kappa shape index (κ1) is 16.2. The summed E-state index contributed by atoms with van der Waals surface area (Å²) in [7, 11) is 1.33. The second-order valence-corrected chi connectivity index (χ2v) is 4.42. The maximum absolute atomic E-state index is 12.2. The number of nitrogens with one attached hydrogen (secondary N) is 1. The van der Waals surface area contributed by atoms with Crippen LogP contribution in [0.4, 0.5) is 0 Å². The number of benzene rings is 1. The van der Waals surface area contributed by atoms with Gasteiger partial charge in [0.15, 0.2) is 0 Å². The van der Waals surface area contributed by atoms with Gasteiger partial charge in [0.25, 0.3) is 0 Å². The van der Waals surface area contributed by atoms with E-state index in [1.54, 1.807) is 0 Å². The van der Waals surface area contributed by atoms with Gasteiger partial charge in [0, 0.05) is 19.5 Å². The van der Waals surface area contributed by atoms with Crippen LogP contribution in [0.1, 0.15) is 18.9 Å². The van der Waals surface area contributed by atoms with Crippen molar-refractivity contribution >= 4 is 11.9 Å². The summed E-state index contributed by atoms with van der Waals surface area (Å²) in [4.78, 5) is 25.1. The Balaban J connectivity index is 2.64. The molecule has 0 spiro atoms. The molecule has 20 heavy (non-hydrogen) atoms. The molecule has 1 aromatic carbocycles. The summed E-state index contributed by atoms with van der Waals surface area (Å²) in [5.41, 5.74) is 0.994. The van der Waals surface area contributed by atoms with Crippen molar-refractivity contribution in [2.24, 2.45) is 0 Å². The third-order valence-electron chi connectivity index (χ3n) is 2.88. The lowest BCUT2D eigenvalue weighted by molar-refractivity contribution is -0.147. The van der Waals surface area contributed by atoms with Crippen LogP contribution in [0.2, 0.25) is 0 Å². The van der Waals surface area contributed by atoms with Gasteiger partial charge in [-0.1, -0.05) is 37.3 Å². The number of esters is 1. The monoisotopic (exact) mass is 278 g/mol. The Bertz CT molecular complexity index is 420.